The second-order valence-electron chi connectivity index (χ2n) is 6.33. The molecular weight excluding hydrogens is 292 g/mol. The third-order valence-electron chi connectivity index (χ3n) is 4.86. The van der Waals surface area contributed by atoms with Gasteiger partial charge in [-0.05, 0) is 50.9 Å². The van der Waals surface area contributed by atoms with Gasteiger partial charge in [-0.3, -0.25) is 4.90 Å². The molecule has 1 aromatic carbocycles. The van der Waals surface area contributed by atoms with E-state index >= 15 is 0 Å². The molecule has 0 radical (unpaired) electrons. The highest BCUT2D eigenvalue weighted by Crippen LogP contribution is 2.39. The van der Waals surface area contributed by atoms with Gasteiger partial charge in [0.2, 0.25) is 0 Å². The number of benzene rings is 1. The maximum atomic E-state index is 5.73. The quantitative estimate of drug-likeness (QED) is 0.869. The third-order valence-corrected chi connectivity index (χ3v) is 4.86. The molecular formula is C18H22N2O3. The standard InChI is InChI=1S/C18H22N2O3/c1-12-15(13(2)23-19-12)11-20-7-3-4-16(20)14-5-6-17-18(10-14)22-9-8-21-17/h5-6,10,16H,3-4,7-9,11H2,1-2H3/t16-/m1/s1. The van der Waals surface area contributed by atoms with E-state index in [1.54, 1.807) is 0 Å². The molecule has 1 aromatic heterocycles. The average molecular weight is 314 g/mol. The first-order chi connectivity index (χ1) is 11.2. The van der Waals surface area contributed by atoms with Crippen LogP contribution in [0.4, 0.5) is 0 Å². The highest BCUT2D eigenvalue weighted by atomic mass is 16.6. The van der Waals surface area contributed by atoms with E-state index in [2.05, 4.69) is 22.2 Å². The fraction of sp³-hybridized carbons (Fsp3) is 0.500. The fourth-order valence-electron chi connectivity index (χ4n) is 3.59. The van der Waals surface area contributed by atoms with Gasteiger partial charge in [-0.15, -0.1) is 0 Å². The number of aromatic nitrogens is 1. The molecule has 0 spiro atoms. The summed E-state index contributed by atoms with van der Waals surface area (Å²) in [5.74, 6) is 2.66. The minimum atomic E-state index is 0.416. The van der Waals surface area contributed by atoms with Crippen LogP contribution in [-0.2, 0) is 6.54 Å². The number of fused-ring (bicyclic) bond motifs is 1. The lowest BCUT2D eigenvalue weighted by Crippen LogP contribution is -2.23. The second-order valence-corrected chi connectivity index (χ2v) is 6.33. The van der Waals surface area contributed by atoms with Crippen LogP contribution in [0.3, 0.4) is 0 Å². The molecule has 0 bridgehead atoms. The molecule has 2 aliphatic rings. The van der Waals surface area contributed by atoms with E-state index in [-0.39, 0.29) is 0 Å². The SMILES string of the molecule is Cc1noc(C)c1CN1CCC[C@@H]1c1ccc2c(c1)OCCO2. The Balaban J connectivity index is 1.58. The van der Waals surface area contributed by atoms with Crippen LogP contribution >= 0.6 is 0 Å². The number of nitrogens with zero attached hydrogens (tertiary/aromatic N) is 2. The van der Waals surface area contributed by atoms with Gasteiger partial charge in [-0.1, -0.05) is 11.2 Å². The van der Waals surface area contributed by atoms with Crippen molar-refractivity contribution in [3.63, 3.8) is 0 Å². The zero-order valence-corrected chi connectivity index (χ0v) is 13.7. The summed E-state index contributed by atoms with van der Waals surface area (Å²) in [6.07, 6.45) is 2.38. The van der Waals surface area contributed by atoms with Gasteiger partial charge < -0.3 is 14.0 Å². The van der Waals surface area contributed by atoms with Crippen LogP contribution in [0.5, 0.6) is 11.5 Å². The van der Waals surface area contributed by atoms with Crippen molar-refractivity contribution in [2.45, 2.75) is 39.3 Å². The molecule has 5 heteroatoms. The topological polar surface area (TPSA) is 47.7 Å². The molecule has 1 atom stereocenters. The lowest BCUT2D eigenvalue weighted by Gasteiger charge is -2.26. The molecule has 0 unspecified atom stereocenters. The van der Waals surface area contributed by atoms with Crippen molar-refractivity contribution in [3.05, 3.63) is 40.8 Å². The molecule has 0 amide bonds. The Morgan fingerprint density at radius 1 is 1.17 bits per heavy atom. The molecule has 122 valence electrons. The molecule has 23 heavy (non-hydrogen) atoms. The van der Waals surface area contributed by atoms with Crippen molar-refractivity contribution in [3.8, 4) is 11.5 Å². The number of rotatable bonds is 3. The van der Waals surface area contributed by atoms with Crippen LogP contribution < -0.4 is 9.47 Å². The van der Waals surface area contributed by atoms with Crippen LogP contribution in [0, 0.1) is 13.8 Å². The van der Waals surface area contributed by atoms with Gasteiger partial charge in [0.25, 0.3) is 0 Å². The first-order valence-electron chi connectivity index (χ1n) is 8.28. The Hall–Kier alpha value is -2.01. The molecule has 2 aromatic rings. The summed E-state index contributed by atoms with van der Waals surface area (Å²) in [6, 6.07) is 6.77. The Bertz CT molecular complexity index is 691. The Kier molecular flexibility index (Phi) is 3.73. The summed E-state index contributed by atoms with van der Waals surface area (Å²) in [5.41, 5.74) is 3.52. The highest BCUT2D eigenvalue weighted by molar-refractivity contribution is 5.45. The Labute approximate surface area is 136 Å². The van der Waals surface area contributed by atoms with Crippen LogP contribution in [0.2, 0.25) is 0 Å². The molecule has 2 aliphatic heterocycles. The van der Waals surface area contributed by atoms with Crippen LogP contribution in [0.25, 0.3) is 0 Å². The lowest BCUT2D eigenvalue weighted by molar-refractivity contribution is 0.170. The fourth-order valence-corrected chi connectivity index (χ4v) is 3.59. The molecule has 1 saturated heterocycles. The zero-order chi connectivity index (χ0) is 15.8. The Morgan fingerprint density at radius 2 is 2.00 bits per heavy atom. The molecule has 4 rings (SSSR count). The molecule has 0 saturated carbocycles. The predicted octanol–water partition coefficient (Wildman–Crippen LogP) is 3.40. The van der Waals surface area contributed by atoms with Crippen LogP contribution in [0.15, 0.2) is 22.7 Å². The second kappa shape index (κ2) is 5.89. The monoisotopic (exact) mass is 314 g/mol. The number of hydrogen-bond acceptors (Lipinski definition) is 5. The van der Waals surface area contributed by atoms with Gasteiger partial charge in [0.05, 0.1) is 5.69 Å². The molecule has 1 fully saturated rings. The highest BCUT2D eigenvalue weighted by Gasteiger charge is 2.28. The first kappa shape index (κ1) is 14.6. The van der Waals surface area contributed by atoms with Crippen molar-refractivity contribution in [1.82, 2.24) is 10.1 Å². The smallest absolute Gasteiger partial charge is 0.161 e. The number of aryl methyl sites for hydroxylation is 2. The van der Waals surface area contributed by atoms with Gasteiger partial charge in [0.15, 0.2) is 11.5 Å². The van der Waals surface area contributed by atoms with Crippen molar-refractivity contribution >= 4 is 0 Å². The number of likely N-dealkylation sites (tertiary alicyclic amines) is 1. The number of hydrogen-bond donors (Lipinski definition) is 0. The largest absolute Gasteiger partial charge is 0.486 e. The van der Waals surface area contributed by atoms with E-state index in [0.717, 1.165) is 36.0 Å². The van der Waals surface area contributed by atoms with E-state index in [1.165, 1.54) is 24.0 Å². The average Bonchev–Trinajstić information content (AvgIpc) is 3.16. The Morgan fingerprint density at radius 3 is 2.78 bits per heavy atom. The summed E-state index contributed by atoms with van der Waals surface area (Å²) >= 11 is 0. The van der Waals surface area contributed by atoms with Gasteiger partial charge in [0, 0.05) is 18.2 Å². The summed E-state index contributed by atoms with van der Waals surface area (Å²) in [5, 5.41) is 4.08. The van der Waals surface area contributed by atoms with E-state index in [9.17, 15) is 0 Å². The van der Waals surface area contributed by atoms with Crippen molar-refractivity contribution in [1.29, 1.82) is 0 Å². The minimum absolute atomic E-state index is 0.416. The normalized spacial score (nSPS) is 20.9. The first-order valence-corrected chi connectivity index (χ1v) is 8.28. The van der Waals surface area contributed by atoms with Gasteiger partial charge in [-0.25, -0.2) is 0 Å². The van der Waals surface area contributed by atoms with Crippen molar-refractivity contribution < 1.29 is 14.0 Å². The van der Waals surface area contributed by atoms with Gasteiger partial charge >= 0.3 is 0 Å². The third kappa shape index (κ3) is 2.70. The predicted molar refractivity (Wildman–Crippen MR) is 85.8 cm³/mol. The van der Waals surface area contributed by atoms with Gasteiger partial charge in [-0.2, -0.15) is 0 Å². The minimum Gasteiger partial charge on any atom is -0.486 e. The van der Waals surface area contributed by atoms with Crippen LogP contribution in [0.1, 0.15) is 41.5 Å². The van der Waals surface area contributed by atoms with E-state index in [0.29, 0.717) is 19.3 Å². The van der Waals surface area contributed by atoms with E-state index in [4.69, 9.17) is 14.0 Å². The van der Waals surface area contributed by atoms with Crippen molar-refractivity contribution in [2.24, 2.45) is 0 Å². The number of ether oxygens (including phenoxy) is 2. The summed E-state index contributed by atoms with van der Waals surface area (Å²) in [4.78, 5) is 2.51. The van der Waals surface area contributed by atoms with Gasteiger partial charge in [0.1, 0.15) is 19.0 Å². The maximum absolute atomic E-state index is 5.73. The summed E-state index contributed by atoms with van der Waals surface area (Å²) < 4.78 is 16.7. The van der Waals surface area contributed by atoms with E-state index in [1.807, 2.05) is 19.9 Å². The van der Waals surface area contributed by atoms with E-state index < -0.39 is 0 Å². The lowest BCUT2D eigenvalue weighted by atomic mass is 10.0. The molecule has 0 aliphatic carbocycles. The molecule has 0 N–H and O–H groups in total. The maximum Gasteiger partial charge on any atom is 0.161 e. The summed E-state index contributed by atoms with van der Waals surface area (Å²) in [7, 11) is 0. The molecule has 5 nitrogen and oxygen atoms in total. The summed E-state index contributed by atoms with van der Waals surface area (Å²) in [6.45, 7) is 7.26. The zero-order valence-electron chi connectivity index (χ0n) is 13.7. The molecule has 3 heterocycles. The van der Waals surface area contributed by atoms with Crippen LogP contribution in [-0.4, -0.2) is 29.8 Å². The van der Waals surface area contributed by atoms with Crippen molar-refractivity contribution in [2.75, 3.05) is 19.8 Å².